The molecule has 1 unspecified atom stereocenters. The highest BCUT2D eigenvalue weighted by molar-refractivity contribution is 6.10. The van der Waals surface area contributed by atoms with E-state index in [1.54, 1.807) is 41.8 Å². The summed E-state index contributed by atoms with van der Waals surface area (Å²) in [5.41, 5.74) is 2.64. The van der Waals surface area contributed by atoms with Gasteiger partial charge in [-0.1, -0.05) is 42.5 Å². The second-order valence-corrected chi connectivity index (χ2v) is 6.41. The first-order valence-corrected chi connectivity index (χ1v) is 8.68. The molecule has 2 aromatic carbocycles. The molecular weight excluding hydrogens is 342 g/mol. The van der Waals surface area contributed by atoms with E-state index in [4.69, 9.17) is 4.74 Å². The highest BCUT2D eigenvalue weighted by Gasteiger charge is 2.25. The Hall–Kier alpha value is -3.34. The topological polar surface area (TPSA) is 68.5 Å². The predicted octanol–water partition coefficient (Wildman–Crippen LogP) is 4.21. The van der Waals surface area contributed by atoms with E-state index in [0.29, 0.717) is 16.8 Å². The van der Waals surface area contributed by atoms with Crippen LogP contribution in [0.4, 0.5) is 0 Å². The van der Waals surface area contributed by atoms with Gasteiger partial charge in [0.25, 0.3) is 0 Å². The third kappa shape index (κ3) is 3.62. The molecule has 0 aliphatic rings. The molecule has 27 heavy (non-hydrogen) atoms. The highest BCUT2D eigenvalue weighted by Crippen LogP contribution is 2.28. The Balaban J connectivity index is 1.88. The van der Waals surface area contributed by atoms with Gasteiger partial charge in [0.05, 0.1) is 0 Å². The Bertz CT molecular complexity index is 989. The Labute approximate surface area is 157 Å². The number of rotatable bonds is 5. The number of para-hydroxylation sites is 2. The second kappa shape index (κ2) is 7.50. The third-order valence-electron chi connectivity index (χ3n) is 4.57. The smallest absolute Gasteiger partial charge is 0.334 e. The molecule has 3 aromatic rings. The molecule has 0 amide bonds. The number of aromatic nitrogens is 1. The number of carbonyl (C=O) groups is 2. The summed E-state index contributed by atoms with van der Waals surface area (Å²) in [5, 5.41) is 9.80. The molecule has 138 valence electrons. The van der Waals surface area contributed by atoms with Crippen molar-refractivity contribution in [2.75, 3.05) is 0 Å². The molecule has 1 heterocycles. The monoisotopic (exact) mass is 363 g/mol. The average molecular weight is 363 g/mol. The maximum absolute atomic E-state index is 12.8. The lowest BCUT2D eigenvalue weighted by atomic mass is 10.0. The number of hydrogen-bond acceptors (Lipinski definition) is 4. The zero-order valence-electron chi connectivity index (χ0n) is 15.5. The Morgan fingerprint density at radius 3 is 2.30 bits per heavy atom. The van der Waals surface area contributed by atoms with Crippen molar-refractivity contribution in [2.24, 2.45) is 0 Å². The molecular formula is C22H21NO4. The number of benzene rings is 2. The van der Waals surface area contributed by atoms with Gasteiger partial charge in [-0.25, -0.2) is 4.79 Å². The van der Waals surface area contributed by atoms with Crippen molar-refractivity contribution >= 4 is 11.8 Å². The van der Waals surface area contributed by atoms with E-state index in [2.05, 4.69) is 0 Å². The zero-order valence-corrected chi connectivity index (χ0v) is 15.5. The SMILES string of the molecule is Cc1cc(C(=O)c2ccccc2)c(C)n1C(C)C(=O)Oc1ccccc1O. The van der Waals surface area contributed by atoms with Crippen LogP contribution in [0, 0.1) is 13.8 Å². The van der Waals surface area contributed by atoms with Gasteiger partial charge in [-0.15, -0.1) is 0 Å². The molecule has 0 saturated carbocycles. The van der Waals surface area contributed by atoms with Crippen molar-refractivity contribution < 1.29 is 19.4 Å². The minimum atomic E-state index is -0.651. The number of phenolic OH excluding ortho intramolecular Hbond substituents is 1. The molecule has 1 atom stereocenters. The summed E-state index contributed by atoms with van der Waals surface area (Å²) in [6.45, 7) is 5.37. The first-order chi connectivity index (χ1) is 12.9. The molecule has 0 fully saturated rings. The first kappa shape index (κ1) is 18.5. The van der Waals surface area contributed by atoms with Crippen LogP contribution in [0.3, 0.4) is 0 Å². The highest BCUT2D eigenvalue weighted by atomic mass is 16.5. The quantitative estimate of drug-likeness (QED) is 0.419. The average Bonchev–Trinajstić information content (AvgIpc) is 2.97. The van der Waals surface area contributed by atoms with E-state index >= 15 is 0 Å². The third-order valence-corrected chi connectivity index (χ3v) is 4.57. The van der Waals surface area contributed by atoms with Crippen molar-refractivity contribution in [1.82, 2.24) is 4.57 Å². The fourth-order valence-corrected chi connectivity index (χ4v) is 3.19. The summed E-state index contributed by atoms with van der Waals surface area (Å²) in [6.07, 6.45) is 0. The lowest BCUT2D eigenvalue weighted by molar-refractivity contribution is -0.137. The number of nitrogens with zero attached hydrogens (tertiary/aromatic N) is 1. The number of ether oxygens (including phenoxy) is 1. The molecule has 3 rings (SSSR count). The van der Waals surface area contributed by atoms with Crippen LogP contribution < -0.4 is 4.74 Å². The van der Waals surface area contributed by atoms with Crippen LogP contribution in [-0.4, -0.2) is 21.4 Å². The van der Waals surface area contributed by atoms with Crippen molar-refractivity contribution in [1.29, 1.82) is 0 Å². The van der Waals surface area contributed by atoms with E-state index in [1.807, 2.05) is 32.0 Å². The van der Waals surface area contributed by atoms with E-state index in [1.165, 1.54) is 12.1 Å². The number of aromatic hydroxyl groups is 1. The fourth-order valence-electron chi connectivity index (χ4n) is 3.19. The van der Waals surface area contributed by atoms with Gasteiger partial charge in [0, 0.05) is 22.5 Å². The van der Waals surface area contributed by atoms with Gasteiger partial charge >= 0.3 is 5.97 Å². The van der Waals surface area contributed by atoms with Crippen LogP contribution in [0.15, 0.2) is 60.7 Å². The molecule has 0 saturated heterocycles. The maximum atomic E-state index is 12.8. The van der Waals surface area contributed by atoms with Crippen molar-refractivity contribution in [3.63, 3.8) is 0 Å². The van der Waals surface area contributed by atoms with E-state index in [-0.39, 0.29) is 17.3 Å². The van der Waals surface area contributed by atoms with Crippen molar-refractivity contribution in [2.45, 2.75) is 26.8 Å². The van der Waals surface area contributed by atoms with E-state index < -0.39 is 12.0 Å². The number of ketones is 1. The first-order valence-electron chi connectivity index (χ1n) is 8.68. The van der Waals surface area contributed by atoms with Gasteiger partial charge in [0.2, 0.25) is 0 Å². The van der Waals surface area contributed by atoms with Gasteiger partial charge in [-0.05, 0) is 39.0 Å². The van der Waals surface area contributed by atoms with E-state index in [9.17, 15) is 14.7 Å². The molecule has 1 aromatic heterocycles. The Morgan fingerprint density at radius 1 is 1.00 bits per heavy atom. The second-order valence-electron chi connectivity index (χ2n) is 6.41. The minimum Gasteiger partial charge on any atom is -0.504 e. The molecule has 0 spiro atoms. The summed E-state index contributed by atoms with van der Waals surface area (Å²) in [6, 6.07) is 16.5. The van der Waals surface area contributed by atoms with Crippen LogP contribution in [0.5, 0.6) is 11.5 Å². The summed E-state index contributed by atoms with van der Waals surface area (Å²) < 4.78 is 7.11. The summed E-state index contributed by atoms with van der Waals surface area (Å²) >= 11 is 0. The Morgan fingerprint density at radius 2 is 1.63 bits per heavy atom. The van der Waals surface area contributed by atoms with E-state index in [0.717, 1.165) is 5.69 Å². The predicted molar refractivity (Wildman–Crippen MR) is 102 cm³/mol. The number of phenols is 1. The normalized spacial score (nSPS) is 11.8. The number of aryl methyl sites for hydroxylation is 1. The summed E-state index contributed by atoms with van der Waals surface area (Å²) in [7, 11) is 0. The molecule has 0 aliphatic heterocycles. The van der Waals surface area contributed by atoms with Gasteiger partial charge in [-0.3, -0.25) is 4.79 Å². The molecule has 0 bridgehead atoms. The fraction of sp³-hybridized carbons (Fsp3) is 0.182. The standard InChI is InChI=1S/C22H21NO4/c1-14-13-18(21(25)17-9-5-4-6-10-17)15(2)23(14)16(3)22(26)27-20-12-8-7-11-19(20)24/h4-13,16,24H,1-3H3. The number of hydrogen-bond donors (Lipinski definition) is 1. The van der Waals surface area contributed by atoms with Crippen LogP contribution in [0.25, 0.3) is 0 Å². The van der Waals surface area contributed by atoms with Crippen LogP contribution in [0.2, 0.25) is 0 Å². The molecule has 5 heteroatoms. The van der Waals surface area contributed by atoms with Gasteiger partial charge < -0.3 is 14.4 Å². The molecule has 0 aliphatic carbocycles. The molecule has 0 radical (unpaired) electrons. The van der Waals surface area contributed by atoms with Crippen molar-refractivity contribution in [3.8, 4) is 11.5 Å². The lowest BCUT2D eigenvalue weighted by Crippen LogP contribution is -2.23. The lowest BCUT2D eigenvalue weighted by Gasteiger charge is -2.17. The Kier molecular flexibility index (Phi) is 5.12. The molecule has 5 nitrogen and oxygen atoms in total. The van der Waals surface area contributed by atoms with Crippen molar-refractivity contribution in [3.05, 3.63) is 83.2 Å². The molecule has 1 N–H and O–H groups in total. The minimum absolute atomic E-state index is 0.0868. The number of esters is 1. The van der Waals surface area contributed by atoms with Gasteiger partial charge in [0.15, 0.2) is 17.3 Å². The maximum Gasteiger partial charge on any atom is 0.334 e. The van der Waals surface area contributed by atoms with Crippen LogP contribution in [-0.2, 0) is 4.79 Å². The zero-order chi connectivity index (χ0) is 19.6. The van der Waals surface area contributed by atoms with Gasteiger partial charge in [-0.2, -0.15) is 0 Å². The van der Waals surface area contributed by atoms with Crippen LogP contribution >= 0.6 is 0 Å². The number of carbonyl (C=O) groups excluding carboxylic acids is 2. The largest absolute Gasteiger partial charge is 0.504 e. The van der Waals surface area contributed by atoms with Gasteiger partial charge in [0.1, 0.15) is 6.04 Å². The van der Waals surface area contributed by atoms with Crippen LogP contribution in [0.1, 0.15) is 40.3 Å². The summed E-state index contributed by atoms with van der Waals surface area (Å²) in [5.74, 6) is -0.593. The summed E-state index contributed by atoms with van der Waals surface area (Å²) in [4.78, 5) is 25.4.